The smallest absolute Gasteiger partial charge is 0.221 e. The van der Waals surface area contributed by atoms with E-state index in [1.807, 2.05) is 62.5 Å². The number of amides is 1. The van der Waals surface area contributed by atoms with Crippen LogP contribution in [0.5, 0.6) is 11.5 Å². The van der Waals surface area contributed by atoms with Crippen molar-refractivity contribution in [1.82, 2.24) is 10.6 Å². The first kappa shape index (κ1) is 19.0. The van der Waals surface area contributed by atoms with Crippen molar-refractivity contribution in [3.05, 3.63) is 59.7 Å². The second-order valence-electron chi connectivity index (χ2n) is 5.16. The van der Waals surface area contributed by atoms with Gasteiger partial charge in [-0.2, -0.15) is 0 Å². The van der Waals surface area contributed by atoms with E-state index in [4.69, 9.17) is 4.74 Å². The first-order valence-electron chi connectivity index (χ1n) is 7.43. The first-order chi connectivity index (χ1) is 10.7. The molecule has 0 radical (unpaired) electrons. The highest BCUT2D eigenvalue weighted by molar-refractivity contribution is 5.85. The zero-order valence-electron chi connectivity index (χ0n) is 13.5. The van der Waals surface area contributed by atoms with Gasteiger partial charge in [0.05, 0.1) is 0 Å². The van der Waals surface area contributed by atoms with E-state index >= 15 is 0 Å². The van der Waals surface area contributed by atoms with Gasteiger partial charge in [0, 0.05) is 25.1 Å². The fraction of sp³-hybridized carbons (Fsp3) is 0.278. The Morgan fingerprint density at radius 1 is 1.13 bits per heavy atom. The fourth-order valence-corrected chi connectivity index (χ4v) is 2.08. The molecule has 23 heavy (non-hydrogen) atoms. The minimum atomic E-state index is 0. The van der Waals surface area contributed by atoms with Crippen molar-refractivity contribution in [3.8, 4) is 11.5 Å². The van der Waals surface area contributed by atoms with Gasteiger partial charge in [-0.3, -0.25) is 4.79 Å². The number of rotatable bonds is 7. The Balaban J connectivity index is 0.00000264. The number of ether oxygens (including phenoxy) is 1. The number of hydrogen-bond donors (Lipinski definition) is 2. The van der Waals surface area contributed by atoms with Gasteiger partial charge in [-0.1, -0.05) is 30.3 Å². The number of carbonyl (C=O) groups is 1. The van der Waals surface area contributed by atoms with Crippen LogP contribution < -0.4 is 15.4 Å². The maximum absolute atomic E-state index is 11.7. The number of carbonyl (C=O) groups excluding carboxylic acids is 1. The summed E-state index contributed by atoms with van der Waals surface area (Å²) in [4.78, 5) is 11.7. The molecule has 0 bridgehead atoms. The van der Waals surface area contributed by atoms with E-state index in [1.54, 1.807) is 0 Å². The van der Waals surface area contributed by atoms with E-state index in [2.05, 4.69) is 10.6 Å². The van der Waals surface area contributed by atoms with Gasteiger partial charge in [-0.25, -0.2) is 0 Å². The lowest BCUT2D eigenvalue weighted by Crippen LogP contribution is -2.26. The number of benzene rings is 2. The topological polar surface area (TPSA) is 50.4 Å². The molecule has 1 amide bonds. The third kappa shape index (κ3) is 6.30. The second kappa shape index (κ2) is 9.87. The van der Waals surface area contributed by atoms with Crippen molar-refractivity contribution in [2.75, 3.05) is 13.6 Å². The number of hydrogen-bond acceptors (Lipinski definition) is 3. The Kier molecular flexibility index (Phi) is 8.16. The normalized spacial score (nSPS) is 9.83. The largest absolute Gasteiger partial charge is 0.457 e. The summed E-state index contributed by atoms with van der Waals surface area (Å²) >= 11 is 0. The molecule has 0 saturated heterocycles. The summed E-state index contributed by atoms with van der Waals surface area (Å²) in [5.74, 6) is 1.59. The van der Waals surface area contributed by atoms with Crippen LogP contribution in [0.15, 0.2) is 48.5 Å². The van der Waals surface area contributed by atoms with Crippen LogP contribution in [0.1, 0.15) is 17.5 Å². The predicted molar refractivity (Wildman–Crippen MR) is 95.3 cm³/mol. The van der Waals surface area contributed by atoms with Crippen molar-refractivity contribution < 1.29 is 9.53 Å². The molecule has 0 fully saturated rings. The van der Waals surface area contributed by atoms with Gasteiger partial charge in [0.1, 0.15) is 11.5 Å². The van der Waals surface area contributed by atoms with Crippen LogP contribution >= 0.6 is 12.4 Å². The third-order valence-electron chi connectivity index (χ3n) is 3.27. The maximum Gasteiger partial charge on any atom is 0.221 e. The monoisotopic (exact) mass is 334 g/mol. The minimum Gasteiger partial charge on any atom is -0.457 e. The lowest BCUT2D eigenvalue weighted by Gasteiger charge is -2.12. The summed E-state index contributed by atoms with van der Waals surface area (Å²) < 4.78 is 5.94. The van der Waals surface area contributed by atoms with E-state index in [0.717, 1.165) is 22.6 Å². The molecule has 0 saturated carbocycles. The van der Waals surface area contributed by atoms with E-state index in [9.17, 15) is 4.79 Å². The quantitative estimate of drug-likeness (QED) is 0.815. The Morgan fingerprint density at radius 3 is 2.65 bits per heavy atom. The Bertz CT molecular complexity index is 632. The number of nitrogens with one attached hydrogen (secondary N) is 2. The number of para-hydroxylation sites is 1. The van der Waals surface area contributed by atoms with Crippen LogP contribution in [0.25, 0.3) is 0 Å². The zero-order chi connectivity index (χ0) is 15.8. The Morgan fingerprint density at radius 2 is 1.91 bits per heavy atom. The zero-order valence-corrected chi connectivity index (χ0v) is 14.3. The number of aryl methyl sites for hydroxylation is 1. The molecule has 2 aromatic rings. The summed E-state index contributed by atoms with van der Waals surface area (Å²) in [5, 5.41) is 5.87. The summed E-state index contributed by atoms with van der Waals surface area (Å²) in [5.41, 5.74) is 2.11. The molecule has 0 spiro atoms. The maximum atomic E-state index is 11.7. The summed E-state index contributed by atoms with van der Waals surface area (Å²) in [6.07, 6.45) is 0.470. The standard InChI is InChI=1S/C18H22N2O2.ClH/c1-14-6-5-8-16(12-14)22-17-9-4-3-7-15(17)13-20-18(21)10-11-19-2;/h3-9,12,19H,10-11,13H2,1-2H3,(H,20,21);1H. The van der Waals surface area contributed by atoms with Crippen molar-refractivity contribution >= 4 is 18.3 Å². The van der Waals surface area contributed by atoms with Gasteiger partial charge in [-0.15, -0.1) is 12.4 Å². The molecule has 0 aliphatic carbocycles. The predicted octanol–water partition coefficient (Wildman–Crippen LogP) is 3.43. The molecular weight excluding hydrogens is 312 g/mol. The average molecular weight is 335 g/mol. The van der Waals surface area contributed by atoms with Crippen LogP contribution in [-0.2, 0) is 11.3 Å². The van der Waals surface area contributed by atoms with Crippen LogP contribution in [0.3, 0.4) is 0 Å². The Labute approximate surface area is 143 Å². The van der Waals surface area contributed by atoms with Crippen LogP contribution in [0.2, 0.25) is 0 Å². The molecule has 0 aliphatic heterocycles. The fourth-order valence-electron chi connectivity index (χ4n) is 2.08. The van der Waals surface area contributed by atoms with Crippen LogP contribution in [0, 0.1) is 6.92 Å². The van der Waals surface area contributed by atoms with E-state index in [-0.39, 0.29) is 18.3 Å². The summed E-state index contributed by atoms with van der Waals surface area (Å²) in [6.45, 7) is 3.17. The SMILES string of the molecule is CNCCC(=O)NCc1ccccc1Oc1cccc(C)c1.Cl. The van der Waals surface area contributed by atoms with Gasteiger partial charge in [0.15, 0.2) is 0 Å². The molecule has 0 unspecified atom stereocenters. The van der Waals surface area contributed by atoms with Gasteiger partial charge < -0.3 is 15.4 Å². The Hall–Kier alpha value is -2.04. The first-order valence-corrected chi connectivity index (χ1v) is 7.43. The van der Waals surface area contributed by atoms with Crippen molar-refractivity contribution in [2.45, 2.75) is 19.9 Å². The number of halogens is 1. The molecule has 124 valence electrons. The minimum absolute atomic E-state index is 0. The molecule has 0 aromatic heterocycles. The summed E-state index contributed by atoms with van der Waals surface area (Å²) in [6, 6.07) is 15.7. The lowest BCUT2D eigenvalue weighted by atomic mass is 10.2. The van der Waals surface area contributed by atoms with E-state index in [1.165, 1.54) is 0 Å². The van der Waals surface area contributed by atoms with Crippen LogP contribution in [-0.4, -0.2) is 19.5 Å². The summed E-state index contributed by atoms with van der Waals surface area (Å²) in [7, 11) is 1.83. The highest BCUT2D eigenvalue weighted by Gasteiger charge is 2.06. The molecule has 4 nitrogen and oxygen atoms in total. The average Bonchev–Trinajstić information content (AvgIpc) is 2.52. The van der Waals surface area contributed by atoms with Gasteiger partial charge >= 0.3 is 0 Å². The van der Waals surface area contributed by atoms with Gasteiger partial charge in [-0.05, 0) is 37.7 Å². The lowest BCUT2D eigenvalue weighted by molar-refractivity contribution is -0.121. The molecule has 5 heteroatoms. The van der Waals surface area contributed by atoms with Crippen molar-refractivity contribution in [3.63, 3.8) is 0 Å². The highest BCUT2D eigenvalue weighted by Crippen LogP contribution is 2.25. The molecule has 0 aliphatic rings. The second-order valence-corrected chi connectivity index (χ2v) is 5.16. The van der Waals surface area contributed by atoms with Gasteiger partial charge in [0.2, 0.25) is 5.91 Å². The van der Waals surface area contributed by atoms with Gasteiger partial charge in [0.25, 0.3) is 0 Å². The molecule has 2 N–H and O–H groups in total. The van der Waals surface area contributed by atoms with Crippen molar-refractivity contribution in [1.29, 1.82) is 0 Å². The molecule has 0 atom stereocenters. The highest BCUT2D eigenvalue weighted by atomic mass is 35.5. The molecular formula is C18H23ClN2O2. The third-order valence-corrected chi connectivity index (χ3v) is 3.27. The van der Waals surface area contributed by atoms with Crippen molar-refractivity contribution in [2.24, 2.45) is 0 Å². The molecule has 0 heterocycles. The molecule has 2 aromatic carbocycles. The van der Waals surface area contributed by atoms with E-state index < -0.39 is 0 Å². The van der Waals surface area contributed by atoms with E-state index in [0.29, 0.717) is 19.5 Å². The van der Waals surface area contributed by atoms with Crippen LogP contribution in [0.4, 0.5) is 0 Å². The molecule has 2 rings (SSSR count).